The number of carbonyl (C=O) groups is 1. The zero-order valence-electron chi connectivity index (χ0n) is 12.1. The fourth-order valence-electron chi connectivity index (χ4n) is 2.26. The van der Waals surface area contributed by atoms with E-state index in [1.807, 2.05) is 6.92 Å². The van der Waals surface area contributed by atoms with E-state index in [0.717, 1.165) is 13.1 Å². The van der Waals surface area contributed by atoms with Crippen molar-refractivity contribution >= 4 is 35.1 Å². The zero-order valence-corrected chi connectivity index (χ0v) is 12.9. The van der Waals surface area contributed by atoms with Crippen LogP contribution in [0.5, 0.6) is 0 Å². The van der Waals surface area contributed by atoms with Crippen molar-refractivity contribution < 1.29 is 22.4 Å². The first-order chi connectivity index (χ1) is 10.3. The van der Waals surface area contributed by atoms with E-state index in [9.17, 15) is 18.0 Å². The summed E-state index contributed by atoms with van der Waals surface area (Å²) in [7, 11) is 0. The first-order valence-electron chi connectivity index (χ1n) is 6.84. The highest BCUT2D eigenvalue weighted by atomic mass is 35.5. The van der Waals surface area contributed by atoms with E-state index in [2.05, 4.69) is 20.0 Å². The standard InChI is InChI=1S/C14H14F3N3O2.ClH/c1-7(8-5-18-6-8)12(21)19-9-2-3-11-10(4-9)20-13(22-11)14(15,16)17;/h2-4,7-8,18H,5-6H2,1H3,(H,19,21);1H. The van der Waals surface area contributed by atoms with Gasteiger partial charge in [0.1, 0.15) is 5.52 Å². The molecule has 1 fully saturated rings. The van der Waals surface area contributed by atoms with E-state index in [1.165, 1.54) is 18.2 Å². The van der Waals surface area contributed by atoms with Crippen molar-refractivity contribution in [1.29, 1.82) is 0 Å². The Morgan fingerprint density at radius 1 is 1.43 bits per heavy atom. The molecule has 0 aliphatic carbocycles. The summed E-state index contributed by atoms with van der Waals surface area (Å²) < 4.78 is 42.3. The Morgan fingerprint density at radius 3 is 2.70 bits per heavy atom. The number of alkyl halides is 3. The lowest BCUT2D eigenvalue weighted by Crippen LogP contribution is -2.48. The molecule has 0 radical (unpaired) electrons. The topological polar surface area (TPSA) is 67.2 Å². The molecule has 0 spiro atoms. The van der Waals surface area contributed by atoms with Crippen LogP contribution in [0.15, 0.2) is 22.6 Å². The van der Waals surface area contributed by atoms with Gasteiger partial charge in [0, 0.05) is 11.6 Å². The highest BCUT2D eigenvalue weighted by molar-refractivity contribution is 5.94. The Kier molecular flexibility index (Phi) is 4.86. The van der Waals surface area contributed by atoms with Gasteiger partial charge in [-0.3, -0.25) is 4.79 Å². The molecule has 0 bridgehead atoms. The maximum atomic E-state index is 12.5. The lowest BCUT2D eigenvalue weighted by Gasteiger charge is -2.31. The van der Waals surface area contributed by atoms with Gasteiger partial charge in [0.25, 0.3) is 0 Å². The van der Waals surface area contributed by atoms with Crippen LogP contribution in [0, 0.1) is 11.8 Å². The number of nitrogens with one attached hydrogen (secondary N) is 2. The van der Waals surface area contributed by atoms with Gasteiger partial charge in [-0.2, -0.15) is 13.2 Å². The minimum absolute atomic E-state index is 0. The summed E-state index contributed by atoms with van der Waals surface area (Å²) in [5.74, 6) is -1.34. The van der Waals surface area contributed by atoms with Crippen molar-refractivity contribution in [2.24, 2.45) is 11.8 Å². The summed E-state index contributed by atoms with van der Waals surface area (Å²) in [5.41, 5.74) is 0.489. The zero-order chi connectivity index (χ0) is 15.9. The monoisotopic (exact) mass is 349 g/mol. The third-order valence-corrected chi connectivity index (χ3v) is 3.83. The molecule has 1 aromatic carbocycles. The fourth-order valence-corrected chi connectivity index (χ4v) is 2.26. The highest BCUT2D eigenvalue weighted by Gasteiger charge is 2.37. The maximum absolute atomic E-state index is 12.5. The molecule has 1 aliphatic heterocycles. The van der Waals surface area contributed by atoms with Gasteiger partial charge in [0.05, 0.1) is 0 Å². The van der Waals surface area contributed by atoms with Crippen LogP contribution in [0.4, 0.5) is 18.9 Å². The van der Waals surface area contributed by atoms with Crippen LogP contribution in [-0.2, 0) is 11.0 Å². The molecule has 9 heteroatoms. The predicted molar refractivity (Wildman–Crippen MR) is 80.4 cm³/mol. The van der Waals surface area contributed by atoms with E-state index in [0.29, 0.717) is 5.69 Å². The van der Waals surface area contributed by atoms with Crippen LogP contribution in [0.3, 0.4) is 0 Å². The first-order valence-corrected chi connectivity index (χ1v) is 6.84. The lowest BCUT2D eigenvalue weighted by atomic mass is 9.88. The summed E-state index contributed by atoms with van der Waals surface area (Å²) in [6.07, 6.45) is -4.63. The van der Waals surface area contributed by atoms with Gasteiger partial charge < -0.3 is 15.1 Å². The molecule has 23 heavy (non-hydrogen) atoms. The first kappa shape index (κ1) is 17.6. The van der Waals surface area contributed by atoms with Gasteiger partial charge in [0.15, 0.2) is 5.58 Å². The second kappa shape index (κ2) is 6.37. The molecule has 1 aromatic heterocycles. The Labute approximate surface area is 136 Å². The van der Waals surface area contributed by atoms with Crippen molar-refractivity contribution in [2.75, 3.05) is 18.4 Å². The predicted octanol–water partition coefficient (Wildman–Crippen LogP) is 3.06. The molecule has 5 nitrogen and oxygen atoms in total. The molecule has 1 aliphatic rings. The average Bonchev–Trinajstić information content (AvgIpc) is 2.79. The molecular formula is C14H15ClF3N3O2. The van der Waals surface area contributed by atoms with Crippen molar-refractivity contribution in [2.45, 2.75) is 13.1 Å². The normalized spacial score (nSPS) is 16.5. The van der Waals surface area contributed by atoms with Crippen molar-refractivity contribution in [3.05, 3.63) is 24.1 Å². The van der Waals surface area contributed by atoms with E-state index >= 15 is 0 Å². The lowest BCUT2D eigenvalue weighted by molar-refractivity contribution is -0.156. The Hall–Kier alpha value is -1.80. The van der Waals surface area contributed by atoms with Crippen LogP contribution in [0.25, 0.3) is 11.1 Å². The van der Waals surface area contributed by atoms with Crippen LogP contribution in [-0.4, -0.2) is 24.0 Å². The van der Waals surface area contributed by atoms with Crippen LogP contribution in [0.2, 0.25) is 0 Å². The number of halogens is 4. The summed E-state index contributed by atoms with van der Waals surface area (Å²) in [6, 6.07) is 4.23. The van der Waals surface area contributed by atoms with Crippen molar-refractivity contribution in [3.63, 3.8) is 0 Å². The maximum Gasteiger partial charge on any atom is 0.468 e. The molecule has 1 amide bonds. The summed E-state index contributed by atoms with van der Waals surface area (Å²) in [6.45, 7) is 3.43. The van der Waals surface area contributed by atoms with Crippen LogP contribution < -0.4 is 10.6 Å². The molecular weight excluding hydrogens is 335 g/mol. The van der Waals surface area contributed by atoms with Crippen LogP contribution >= 0.6 is 12.4 Å². The summed E-state index contributed by atoms with van der Waals surface area (Å²) >= 11 is 0. The molecule has 0 saturated carbocycles. The van der Waals surface area contributed by atoms with E-state index in [-0.39, 0.29) is 41.2 Å². The highest BCUT2D eigenvalue weighted by Crippen LogP contribution is 2.32. The van der Waals surface area contributed by atoms with Gasteiger partial charge in [-0.05, 0) is 37.2 Å². The number of rotatable bonds is 3. The van der Waals surface area contributed by atoms with Gasteiger partial charge in [0.2, 0.25) is 5.91 Å². The van der Waals surface area contributed by atoms with Crippen LogP contribution in [0.1, 0.15) is 12.8 Å². The third-order valence-electron chi connectivity index (χ3n) is 3.83. The fraction of sp³-hybridized carbons (Fsp3) is 0.429. The number of amides is 1. The number of benzene rings is 1. The molecule has 2 aromatic rings. The molecule has 1 saturated heterocycles. The molecule has 2 heterocycles. The smallest absolute Gasteiger partial charge is 0.433 e. The van der Waals surface area contributed by atoms with Gasteiger partial charge in [-0.25, -0.2) is 4.98 Å². The number of oxazole rings is 1. The average molecular weight is 350 g/mol. The molecule has 1 unspecified atom stereocenters. The SMILES string of the molecule is CC(C(=O)Nc1ccc2oc(C(F)(F)F)nc2c1)C1CNC1.Cl. The Morgan fingerprint density at radius 2 is 2.13 bits per heavy atom. The van der Waals surface area contributed by atoms with E-state index < -0.39 is 12.1 Å². The second-order valence-corrected chi connectivity index (χ2v) is 5.40. The number of carbonyl (C=O) groups excluding carboxylic acids is 1. The second-order valence-electron chi connectivity index (χ2n) is 5.40. The Balaban J connectivity index is 0.00000192. The number of aromatic nitrogens is 1. The number of anilines is 1. The number of hydrogen-bond donors (Lipinski definition) is 2. The van der Waals surface area contributed by atoms with Gasteiger partial charge >= 0.3 is 12.1 Å². The number of hydrogen-bond acceptors (Lipinski definition) is 4. The minimum atomic E-state index is -4.63. The quantitative estimate of drug-likeness (QED) is 0.893. The molecule has 3 rings (SSSR count). The summed E-state index contributed by atoms with van der Waals surface area (Å²) in [4.78, 5) is 15.5. The number of nitrogens with zero attached hydrogens (tertiary/aromatic N) is 1. The number of fused-ring (bicyclic) bond motifs is 1. The summed E-state index contributed by atoms with van der Waals surface area (Å²) in [5, 5.41) is 5.79. The van der Waals surface area contributed by atoms with E-state index in [1.54, 1.807) is 0 Å². The van der Waals surface area contributed by atoms with E-state index in [4.69, 9.17) is 0 Å². The molecule has 126 valence electrons. The molecule has 1 atom stereocenters. The largest absolute Gasteiger partial charge is 0.468 e. The van der Waals surface area contributed by atoms with Gasteiger partial charge in [-0.1, -0.05) is 6.92 Å². The van der Waals surface area contributed by atoms with Crippen molar-refractivity contribution in [1.82, 2.24) is 10.3 Å². The molecule has 2 N–H and O–H groups in total. The van der Waals surface area contributed by atoms with Crippen molar-refractivity contribution in [3.8, 4) is 0 Å². The third kappa shape index (κ3) is 3.59. The van der Waals surface area contributed by atoms with Gasteiger partial charge in [-0.15, -0.1) is 12.4 Å². The minimum Gasteiger partial charge on any atom is -0.433 e. The Bertz CT molecular complexity index is 713.